The molecule has 0 spiro atoms. The molecular formula is C24H34O6. The van der Waals surface area contributed by atoms with Crippen molar-refractivity contribution >= 4 is 11.9 Å². The van der Waals surface area contributed by atoms with E-state index in [1.807, 2.05) is 26.0 Å². The molecule has 0 radical (unpaired) electrons. The first-order valence-electron chi connectivity index (χ1n) is 11.3. The number of carbonyl (C=O) groups is 2. The minimum absolute atomic E-state index is 0.110. The molecule has 1 saturated carbocycles. The molecule has 2 N–H and O–H groups in total. The van der Waals surface area contributed by atoms with Crippen LogP contribution < -0.4 is 4.74 Å². The quantitative estimate of drug-likeness (QED) is 0.562. The number of esters is 1. The SMILES string of the molecule is CCCC(=O)O[C@@H]1C[C@@H]2Cc3c(cccc3OCC(=O)O)C[C@@H]2[C@H]1CC[C@@H](O)CC. The number of carbonyl (C=O) groups excluding carboxylic acids is 1. The molecule has 2 aliphatic carbocycles. The van der Waals surface area contributed by atoms with Gasteiger partial charge < -0.3 is 19.7 Å². The van der Waals surface area contributed by atoms with Crippen molar-refractivity contribution in [1.82, 2.24) is 0 Å². The van der Waals surface area contributed by atoms with Crippen LogP contribution in [0.5, 0.6) is 5.75 Å². The molecule has 0 aliphatic heterocycles. The molecule has 0 saturated heterocycles. The Morgan fingerprint density at radius 3 is 2.73 bits per heavy atom. The molecule has 6 nitrogen and oxygen atoms in total. The number of aliphatic hydroxyl groups excluding tert-OH is 1. The molecule has 1 fully saturated rings. The summed E-state index contributed by atoms with van der Waals surface area (Å²) in [6, 6.07) is 5.85. The Balaban J connectivity index is 1.78. The van der Waals surface area contributed by atoms with Gasteiger partial charge >= 0.3 is 11.9 Å². The summed E-state index contributed by atoms with van der Waals surface area (Å²) in [4.78, 5) is 23.1. The Bertz CT molecular complexity index is 745. The van der Waals surface area contributed by atoms with Crippen molar-refractivity contribution in [1.29, 1.82) is 0 Å². The number of hydrogen-bond acceptors (Lipinski definition) is 5. The van der Waals surface area contributed by atoms with Crippen LogP contribution in [0.4, 0.5) is 0 Å². The van der Waals surface area contributed by atoms with Crippen molar-refractivity contribution in [2.75, 3.05) is 6.61 Å². The lowest BCUT2D eigenvalue weighted by molar-refractivity contribution is -0.151. The highest BCUT2D eigenvalue weighted by molar-refractivity contribution is 5.69. The summed E-state index contributed by atoms with van der Waals surface area (Å²) in [6.45, 7) is 3.61. The Morgan fingerprint density at radius 1 is 1.23 bits per heavy atom. The van der Waals surface area contributed by atoms with Crippen molar-refractivity contribution < 1.29 is 29.3 Å². The fourth-order valence-electron chi connectivity index (χ4n) is 5.21. The minimum Gasteiger partial charge on any atom is -0.482 e. The summed E-state index contributed by atoms with van der Waals surface area (Å²) in [6.07, 6.45) is 5.59. The topological polar surface area (TPSA) is 93.1 Å². The maximum atomic E-state index is 12.2. The van der Waals surface area contributed by atoms with Crippen LogP contribution >= 0.6 is 0 Å². The van der Waals surface area contributed by atoms with Gasteiger partial charge in [-0.2, -0.15) is 0 Å². The average molecular weight is 419 g/mol. The van der Waals surface area contributed by atoms with Crippen LogP contribution in [-0.4, -0.2) is 41.0 Å². The van der Waals surface area contributed by atoms with Crippen molar-refractivity contribution in [3.8, 4) is 5.75 Å². The Kier molecular flexibility index (Phi) is 7.75. The molecule has 3 rings (SSSR count). The van der Waals surface area contributed by atoms with Gasteiger partial charge in [-0.3, -0.25) is 4.79 Å². The largest absolute Gasteiger partial charge is 0.482 e. The predicted molar refractivity (Wildman–Crippen MR) is 112 cm³/mol. The average Bonchev–Trinajstić information content (AvgIpc) is 3.04. The Morgan fingerprint density at radius 2 is 2.03 bits per heavy atom. The van der Waals surface area contributed by atoms with Gasteiger partial charge in [-0.15, -0.1) is 0 Å². The lowest BCUT2D eigenvalue weighted by atomic mass is 9.73. The van der Waals surface area contributed by atoms with Crippen LogP contribution in [0.15, 0.2) is 18.2 Å². The second-order valence-corrected chi connectivity index (χ2v) is 8.73. The number of rotatable bonds is 10. The molecule has 1 aromatic rings. The van der Waals surface area contributed by atoms with E-state index in [4.69, 9.17) is 14.6 Å². The standard InChI is InChI=1S/C24H34O6/c1-3-6-24(28)30-22-13-16-12-20-15(7-5-8-21(20)29-14-23(26)27)11-19(16)18(22)10-9-17(25)4-2/h5,7-8,16-19,22,25H,3-4,6,9-14H2,1-2H3,(H,26,27)/t16-,17-,18+,19-,22+/m0/s1. The normalized spacial score (nSPS) is 25.8. The van der Waals surface area contributed by atoms with Crippen LogP contribution in [0.3, 0.4) is 0 Å². The molecule has 0 bridgehead atoms. The molecule has 5 atom stereocenters. The lowest BCUT2D eigenvalue weighted by Gasteiger charge is -2.32. The lowest BCUT2D eigenvalue weighted by Crippen LogP contribution is -2.29. The number of fused-ring (bicyclic) bond motifs is 2. The summed E-state index contributed by atoms with van der Waals surface area (Å²) < 4.78 is 11.4. The first-order chi connectivity index (χ1) is 14.4. The molecule has 2 aliphatic rings. The summed E-state index contributed by atoms with van der Waals surface area (Å²) in [5.41, 5.74) is 2.29. The molecule has 30 heavy (non-hydrogen) atoms. The highest BCUT2D eigenvalue weighted by Gasteiger charge is 2.47. The molecule has 0 unspecified atom stereocenters. The van der Waals surface area contributed by atoms with E-state index in [2.05, 4.69) is 6.07 Å². The van der Waals surface area contributed by atoms with E-state index in [1.165, 1.54) is 5.56 Å². The van der Waals surface area contributed by atoms with Crippen molar-refractivity contribution in [3.63, 3.8) is 0 Å². The van der Waals surface area contributed by atoms with Gasteiger partial charge in [-0.25, -0.2) is 4.79 Å². The molecule has 0 aromatic heterocycles. The van der Waals surface area contributed by atoms with Crippen LogP contribution in [-0.2, 0) is 27.2 Å². The van der Waals surface area contributed by atoms with Gasteiger partial charge in [0.1, 0.15) is 11.9 Å². The zero-order valence-electron chi connectivity index (χ0n) is 18.0. The summed E-state index contributed by atoms with van der Waals surface area (Å²) in [5.74, 6) is 0.544. The van der Waals surface area contributed by atoms with Gasteiger partial charge in [-0.05, 0) is 79.9 Å². The zero-order chi connectivity index (χ0) is 21.7. The number of benzene rings is 1. The van der Waals surface area contributed by atoms with Gasteiger partial charge in [0.15, 0.2) is 6.61 Å². The number of ether oxygens (including phenoxy) is 2. The van der Waals surface area contributed by atoms with E-state index < -0.39 is 5.97 Å². The third-order valence-corrected chi connectivity index (χ3v) is 6.71. The van der Waals surface area contributed by atoms with E-state index in [0.29, 0.717) is 24.0 Å². The van der Waals surface area contributed by atoms with Gasteiger partial charge in [0, 0.05) is 6.42 Å². The van der Waals surface area contributed by atoms with E-state index in [1.54, 1.807) is 0 Å². The summed E-state index contributed by atoms with van der Waals surface area (Å²) in [7, 11) is 0. The monoisotopic (exact) mass is 418 g/mol. The van der Waals surface area contributed by atoms with Gasteiger partial charge in [0.25, 0.3) is 0 Å². The Hall–Kier alpha value is -2.08. The van der Waals surface area contributed by atoms with Crippen LogP contribution in [0.2, 0.25) is 0 Å². The fourth-order valence-corrected chi connectivity index (χ4v) is 5.21. The first kappa shape index (κ1) is 22.6. The van der Waals surface area contributed by atoms with Crippen molar-refractivity contribution in [2.45, 2.75) is 77.4 Å². The zero-order valence-corrected chi connectivity index (χ0v) is 18.0. The van der Waals surface area contributed by atoms with Crippen LogP contribution in [0, 0.1) is 17.8 Å². The first-order valence-corrected chi connectivity index (χ1v) is 11.3. The number of aliphatic carboxylic acids is 1. The second kappa shape index (κ2) is 10.3. The molecule has 1 aromatic carbocycles. The second-order valence-electron chi connectivity index (χ2n) is 8.73. The fraction of sp³-hybridized carbons (Fsp3) is 0.667. The molecule has 0 heterocycles. The molecule has 0 amide bonds. The van der Waals surface area contributed by atoms with Gasteiger partial charge in [-0.1, -0.05) is 26.0 Å². The summed E-state index contributed by atoms with van der Waals surface area (Å²) >= 11 is 0. The smallest absolute Gasteiger partial charge is 0.341 e. The highest BCUT2D eigenvalue weighted by atomic mass is 16.5. The number of carboxylic acid groups (broad SMARTS) is 1. The third-order valence-electron chi connectivity index (χ3n) is 6.71. The minimum atomic E-state index is -0.986. The molecule has 166 valence electrons. The highest BCUT2D eigenvalue weighted by Crippen LogP contribution is 2.49. The maximum Gasteiger partial charge on any atom is 0.341 e. The van der Waals surface area contributed by atoms with E-state index in [9.17, 15) is 14.7 Å². The summed E-state index contributed by atoms with van der Waals surface area (Å²) in [5, 5.41) is 19.0. The van der Waals surface area contributed by atoms with Crippen molar-refractivity contribution in [3.05, 3.63) is 29.3 Å². The molecule has 6 heteroatoms. The van der Waals surface area contributed by atoms with Gasteiger partial charge in [0.05, 0.1) is 6.10 Å². The van der Waals surface area contributed by atoms with Crippen LogP contribution in [0.25, 0.3) is 0 Å². The number of hydrogen-bond donors (Lipinski definition) is 2. The van der Waals surface area contributed by atoms with E-state index in [0.717, 1.165) is 50.5 Å². The Labute approximate surface area is 178 Å². The van der Waals surface area contributed by atoms with Gasteiger partial charge in [0.2, 0.25) is 0 Å². The number of aliphatic hydroxyl groups is 1. The predicted octanol–water partition coefficient (Wildman–Crippen LogP) is 3.76. The molecular weight excluding hydrogens is 384 g/mol. The van der Waals surface area contributed by atoms with E-state index >= 15 is 0 Å². The maximum absolute atomic E-state index is 12.2. The van der Waals surface area contributed by atoms with Crippen LogP contribution in [0.1, 0.15) is 63.5 Å². The number of carboxylic acids is 1. The third kappa shape index (κ3) is 5.34. The van der Waals surface area contributed by atoms with E-state index in [-0.39, 0.29) is 30.7 Å². The van der Waals surface area contributed by atoms with Crippen molar-refractivity contribution in [2.24, 2.45) is 17.8 Å².